The van der Waals surface area contributed by atoms with Crippen LogP contribution in [0.15, 0.2) is 0 Å². The van der Waals surface area contributed by atoms with Crippen molar-refractivity contribution in [3.63, 3.8) is 0 Å². The fraction of sp³-hybridized carbons (Fsp3) is 0.929. The monoisotopic (exact) mass is 304 g/mol. The Labute approximate surface area is 123 Å². The molecule has 0 aromatic rings. The van der Waals surface area contributed by atoms with Crippen molar-refractivity contribution in [2.75, 3.05) is 31.9 Å². The average Bonchev–Trinajstić information content (AvgIpc) is 2.37. The molecule has 0 unspecified atom stereocenters. The van der Waals surface area contributed by atoms with Gasteiger partial charge in [0.1, 0.15) is 0 Å². The zero-order chi connectivity index (χ0) is 15.2. The number of likely N-dealkylation sites (tertiary alicyclic amines) is 1. The maximum absolute atomic E-state index is 11.9. The van der Waals surface area contributed by atoms with Crippen LogP contribution in [0.2, 0.25) is 0 Å². The average molecular weight is 304 g/mol. The number of amides is 1. The molecule has 1 aliphatic heterocycles. The molecule has 1 rings (SSSR count). The highest BCUT2D eigenvalue weighted by Gasteiger charge is 2.28. The highest BCUT2D eigenvalue weighted by atomic mass is 32.2. The zero-order valence-corrected chi connectivity index (χ0v) is 13.8. The molecule has 1 aliphatic rings. The first kappa shape index (κ1) is 17.4. The van der Waals surface area contributed by atoms with Gasteiger partial charge in [-0.3, -0.25) is 4.79 Å². The topological polar surface area (TPSA) is 66.5 Å². The van der Waals surface area contributed by atoms with E-state index in [-0.39, 0.29) is 11.7 Å². The molecule has 1 fully saturated rings. The molecular weight excluding hydrogens is 276 g/mol. The third kappa shape index (κ3) is 5.40. The molecule has 5 nitrogen and oxygen atoms in total. The predicted octanol–water partition coefficient (Wildman–Crippen LogP) is 1.19. The Hall–Kier alpha value is -0.620. The lowest BCUT2D eigenvalue weighted by atomic mass is 10.1. The van der Waals surface area contributed by atoms with Crippen LogP contribution in [-0.4, -0.2) is 55.9 Å². The Bertz CT molecular complexity index is 407. The molecule has 0 saturated carbocycles. The summed E-state index contributed by atoms with van der Waals surface area (Å²) < 4.78 is 23.1. The maximum atomic E-state index is 11.9. The summed E-state index contributed by atoms with van der Waals surface area (Å²) in [5.41, 5.74) is 0. The lowest BCUT2D eigenvalue weighted by Crippen LogP contribution is -2.38. The quantitative estimate of drug-likeness (QED) is 0.749. The number of nitrogens with zero attached hydrogens (tertiary/aromatic N) is 1. The zero-order valence-electron chi connectivity index (χ0n) is 12.9. The summed E-state index contributed by atoms with van der Waals surface area (Å²) in [6.45, 7) is 7.84. The molecule has 20 heavy (non-hydrogen) atoms. The number of carbonyl (C=O) groups excluding carboxylic acids is 1. The standard InChI is InChI=1S/C14H28N2O3S/c1-14(2,3)20(18,19)12-9-15-8-7-13(17)16-10-5-4-6-11-16/h15H,4-12H2,1-3H3. The van der Waals surface area contributed by atoms with Crippen LogP contribution in [0.5, 0.6) is 0 Å². The first-order chi connectivity index (χ1) is 9.24. The van der Waals surface area contributed by atoms with Gasteiger partial charge in [0, 0.05) is 32.6 Å². The van der Waals surface area contributed by atoms with Gasteiger partial charge >= 0.3 is 0 Å². The van der Waals surface area contributed by atoms with E-state index in [1.165, 1.54) is 6.42 Å². The van der Waals surface area contributed by atoms with Gasteiger partial charge in [-0.05, 0) is 40.0 Å². The Balaban J connectivity index is 2.17. The second kappa shape index (κ2) is 7.41. The summed E-state index contributed by atoms with van der Waals surface area (Å²) >= 11 is 0. The van der Waals surface area contributed by atoms with Crippen LogP contribution >= 0.6 is 0 Å². The number of carbonyl (C=O) groups is 1. The maximum Gasteiger partial charge on any atom is 0.223 e. The second-order valence-corrected chi connectivity index (χ2v) is 9.24. The van der Waals surface area contributed by atoms with E-state index in [2.05, 4.69) is 5.32 Å². The summed E-state index contributed by atoms with van der Waals surface area (Å²) in [6, 6.07) is 0. The number of rotatable bonds is 6. The van der Waals surface area contributed by atoms with E-state index in [4.69, 9.17) is 0 Å². The highest BCUT2D eigenvalue weighted by Crippen LogP contribution is 2.15. The van der Waals surface area contributed by atoms with Crippen molar-refractivity contribution in [1.29, 1.82) is 0 Å². The summed E-state index contributed by atoms with van der Waals surface area (Å²) in [5, 5.41) is 3.06. The number of hydrogen-bond acceptors (Lipinski definition) is 4. The van der Waals surface area contributed by atoms with E-state index in [0.29, 0.717) is 19.5 Å². The number of nitrogens with one attached hydrogen (secondary N) is 1. The number of piperidine rings is 1. The van der Waals surface area contributed by atoms with Crippen LogP contribution in [0.3, 0.4) is 0 Å². The van der Waals surface area contributed by atoms with E-state index < -0.39 is 14.6 Å². The summed E-state index contributed by atoms with van der Waals surface area (Å²) in [4.78, 5) is 13.8. The highest BCUT2D eigenvalue weighted by molar-refractivity contribution is 7.92. The van der Waals surface area contributed by atoms with Gasteiger partial charge in [0.2, 0.25) is 5.91 Å². The van der Waals surface area contributed by atoms with E-state index >= 15 is 0 Å². The third-order valence-corrected chi connectivity index (χ3v) is 6.31. The lowest BCUT2D eigenvalue weighted by Gasteiger charge is -2.26. The summed E-state index contributed by atoms with van der Waals surface area (Å²) in [5.74, 6) is 0.296. The van der Waals surface area contributed by atoms with Crippen molar-refractivity contribution in [1.82, 2.24) is 10.2 Å². The van der Waals surface area contributed by atoms with Gasteiger partial charge in [0.25, 0.3) is 0 Å². The van der Waals surface area contributed by atoms with Crippen molar-refractivity contribution in [2.45, 2.75) is 51.2 Å². The van der Waals surface area contributed by atoms with Crippen LogP contribution in [0, 0.1) is 0 Å². The Morgan fingerprint density at radius 1 is 1.10 bits per heavy atom. The molecule has 1 saturated heterocycles. The largest absolute Gasteiger partial charge is 0.343 e. The van der Waals surface area contributed by atoms with Crippen LogP contribution < -0.4 is 5.32 Å². The minimum absolute atomic E-state index is 0.119. The third-order valence-electron chi connectivity index (χ3n) is 3.70. The Kier molecular flexibility index (Phi) is 6.45. The summed E-state index contributed by atoms with van der Waals surface area (Å²) in [6.07, 6.45) is 3.87. The molecule has 0 atom stereocenters. The van der Waals surface area contributed by atoms with Gasteiger partial charge in [-0.15, -0.1) is 0 Å². The van der Waals surface area contributed by atoms with Gasteiger partial charge in [0.15, 0.2) is 9.84 Å². The van der Waals surface area contributed by atoms with Crippen LogP contribution in [0.1, 0.15) is 46.5 Å². The minimum Gasteiger partial charge on any atom is -0.343 e. The molecule has 1 amide bonds. The molecule has 1 N–H and O–H groups in total. The van der Waals surface area contributed by atoms with E-state index in [1.54, 1.807) is 20.8 Å². The number of sulfone groups is 1. The molecule has 0 aliphatic carbocycles. The van der Waals surface area contributed by atoms with Gasteiger partial charge in [-0.1, -0.05) is 0 Å². The SMILES string of the molecule is CC(C)(C)S(=O)(=O)CCNCCC(=O)N1CCCCC1. The molecule has 1 heterocycles. The van der Waals surface area contributed by atoms with Gasteiger partial charge in [0.05, 0.1) is 10.5 Å². The molecule has 0 bridgehead atoms. The Morgan fingerprint density at radius 2 is 1.70 bits per heavy atom. The normalized spacial score (nSPS) is 17.2. The molecule has 0 aromatic carbocycles. The molecule has 118 valence electrons. The molecule has 6 heteroatoms. The predicted molar refractivity (Wildman–Crippen MR) is 81.5 cm³/mol. The molecule has 0 spiro atoms. The van der Waals surface area contributed by atoms with E-state index in [0.717, 1.165) is 25.9 Å². The summed E-state index contributed by atoms with van der Waals surface area (Å²) in [7, 11) is -3.08. The van der Waals surface area contributed by atoms with Crippen molar-refractivity contribution in [3.05, 3.63) is 0 Å². The van der Waals surface area contributed by atoms with Crippen LogP contribution in [0.25, 0.3) is 0 Å². The molecule has 0 aromatic heterocycles. The van der Waals surface area contributed by atoms with Crippen molar-refractivity contribution >= 4 is 15.7 Å². The first-order valence-corrected chi connectivity index (χ1v) is 9.10. The van der Waals surface area contributed by atoms with E-state index in [9.17, 15) is 13.2 Å². The first-order valence-electron chi connectivity index (χ1n) is 7.45. The lowest BCUT2D eigenvalue weighted by molar-refractivity contribution is -0.131. The van der Waals surface area contributed by atoms with Gasteiger partial charge in [-0.2, -0.15) is 0 Å². The number of hydrogen-bond donors (Lipinski definition) is 1. The second-order valence-electron chi connectivity index (χ2n) is 6.37. The van der Waals surface area contributed by atoms with E-state index in [1.807, 2.05) is 4.90 Å². The fourth-order valence-corrected chi connectivity index (χ4v) is 3.16. The molecule has 0 radical (unpaired) electrons. The van der Waals surface area contributed by atoms with Crippen molar-refractivity contribution < 1.29 is 13.2 Å². The van der Waals surface area contributed by atoms with Crippen LogP contribution in [0.4, 0.5) is 0 Å². The molecular formula is C14H28N2O3S. The fourth-order valence-electron chi connectivity index (χ4n) is 2.13. The van der Waals surface area contributed by atoms with Crippen LogP contribution in [-0.2, 0) is 14.6 Å². The van der Waals surface area contributed by atoms with Gasteiger partial charge < -0.3 is 10.2 Å². The van der Waals surface area contributed by atoms with Crippen molar-refractivity contribution in [3.8, 4) is 0 Å². The smallest absolute Gasteiger partial charge is 0.223 e. The Morgan fingerprint density at radius 3 is 2.25 bits per heavy atom. The minimum atomic E-state index is -3.08. The van der Waals surface area contributed by atoms with Crippen molar-refractivity contribution in [2.24, 2.45) is 0 Å². The van der Waals surface area contributed by atoms with Gasteiger partial charge in [-0.25, -0.2) is 8.42 Å².